The molecule has 3 rings (SSSR count). The van der Waals surface area contributed by atoms with Gasteiger partial charge in [-0.1, -0.05) is 6.07 Å². The Morgan fingerprint density at radius 1 is 0.903 bits per heavy atom. The van der Waals surface area contributed by atoms with Crippen LogP contribution in [0.5, 0.6) is 11.5 Å². The van der Waals surface area contributed by atoms with Gasteiger partial charge in [0.1, 0.15) is 5.70 Å². The molecule has 1 heterocycles. The van der Waals surface area contributed by atoms with Crippen LogP contribution in [0.1, 0.15) is 12.0 Å². The highest BCUT2D eigenvalue weighted by Crippen LogP contribution is 2.35. The molecule has 31 heavy (non-hydrogen) atoms. The number of carbonyl (C=O) groups is 2. The molecule has 0 aromatic heterocycles. The number of halogens is 2. The lowest BCUT2D eigenvalue weighted by atomic mass is 10.0. The molecule has 0 atom stereocenters. The van der Waals surface area contributed by atoms with E-state index in [1.807, 2.05) is 0 Å². The summed E-state index contributed by atoms with van der Waals surface area (Å²) in [6.07, 6.45) is 0.450. The van der Waals surface area contributed by atoms with Crippen LogP contribution in [-0.2, 0) is 14.3 Å². The summed E-state index contributed by atoms with van der Waals surface area (Å²) in [4.78, 5) is 27.3. The largest absolute Gasteiger partial charge is 0.493 e. The van der Waals surface area contributed by atoms with Gasteiger partial charge in [-0.3, -0.25) is 14.5 Å². The van der Waals surface area contributed by atoms with Crippen molar-refractivity contribution in [3.05, 3.63) is 59.3 Å². The zero-order chi connectivity index (χ0) is 22.5. The van der Waals surface area contributed by atoms with Crippen LogP contribution in [-0.4, -0.2) is 51.2 Å². The van der Waals surface area contributed by atoms with Crippen molar-refractivity contribution < 1.29 is 32.6 Å². The number of anilines is 1. The van der Waals surface area contributed by atoms with Crippen LogP contribution in [0.3, 0.4) is 0 Å². The molecule has 0 fully saturated rings. The summed E-state index contributed by atoms with van der Waals surface area (Å²) in [7, 11) is 4.46. The minimum Gasteiger partial charge on any atom is -0.493 e. The fourth-order valence-electron chi connectivity index (χ4n) is 3.24. The average Bonchev–Trinajstić information content (AvgIpc) is 3.00. The molecule has 0 saturated heterocycles. The van der Waals surface area contributed by atoms with Gasteiger partial charge < -0.3 is 19.5 Å². The second kappa shape index (κ2) is 9.57. The number of hydrogen-bond donors (Lipinski definition) is 1. The fourth-order valence-corrected chi connectivity index (χ4v) is 3.24. The Hall–Kier alpha value is -3.46. The predicted molar refractivity (Wildman–Crippen MR) is 110 cm³/mol. The van der Waals surface area contributed by atoms with E-state index in [0.717, 1.165) is 17.0 Å². The van der Waals surface area contributed by atoms with Crippen LogP contribution in [0.4, 0.5) is 14.5 Å². The van der Waals surface area contributed by atoms with Crippen molar-refractivity contribution in [2.75, 3.05) is 39.8 Å². The first kappa shape index (κ1) is 22.2. The minimum atomic E-state index is -1.08. The van der Waals surface area contributed by atoms with E-state index in [4.69, 9.17) is 14.2 Å². The number of rotatable bonds is 9. The lowest BCUT2D eigenvalue weighted by Crippen LogP contribution is -2.33. The summed E-state index contributed by atoms with van der Waals surface area (Å²) in [5, 5.41) is 2.78. The number of ether oxygens (including phenoxy) is 3. The second-order valence-corrected chi connectivity index (χ2v) is 6.68. The summed E-state index contributed by atoms with van der Waals surface area (Å²) in [5.41, 5.74) is 0.593. The third kappa shape index (κ3) is 4.51. The Balaban J connectivity index is 2.06. The number of methoxy groups -OCH3 is 3. The Labute approximate surface area is 178 Å². The third-order valence-corrected chi connectivity index (χ3v) is 4.76. The summed E-state index contributed by atoms with van der Waals surface area (Å²) in [6, 6.07) is 7.94. The van der Waals surface area contributed by atoms with Gasteiger partial charge in [0.15, 0.2) is 23.1 Å². The molecule has 0 saturated carbocycles. The molecule has 164 valence electrons. The molecule has 2 aromatic carbocycles. The first-order valence-corrected chi connectivity index (χ1v) is 9.45. The van der Waals surface area contributed by atoms with E-state index in [1.54, 1.807) is 18.2 Å². The zero-order valence-corrected chi connectivity index (χ0v) is 17.3. The second-order valence-electron chi connectivity index (χ2n) is 6.68. The minimum absolute atomic E-state index is 0.0411. The van der Waals surface area contributed by atoms with E-state index in [1.165, 1.54) is 27.4 Å². The van der Waals surface area contributed by atoms with Gasteiger partial charge >= 0.3 is 0 Å². The molecule has 9 heteroatoms. The van der Waals surface area contributed by atoms with E-state index < -0.39 is 23.4 Å². The highest BCUT2D eigenvalue weighted by Gasteiger charge is 2.39. The maximum Gasteiger partial charge on any atom is 0.278 e. The van der Waals surface area contributed by atoms with E-state index in [0.29, 0.717) is 30.1 Å². The van der Waals surface area contributed by atoms with Crippen LogP contribution in [0.15, 0.2) is 42.1 Å². The standard InChI is InChI=1S/C22H22F2N2O5/c1-29-10-4-9-26-21(27)19(13-5-8-17(30-2)18(11-13)31-3)20(22(26)28)25-14-6-7-15(23)16(24)12-14/h5-8,11-12,25H,4,9-10H2,1-3H3. The van der Waals surface area contributed by atoms with Gasteiger partial charge in [-0.15, -0.1) is 0 Å². The Morgan fingerprint density at radius 2 is 1.65 bits per heavy atom. The lowest BCUT2D eigenvalue weighted by Gasteiger charge is -2.15. The molecule has 0 aliphatic carbocycles. The highest BCUT2D eigenvalue weighted by molar-refractivity contribution is 6.36. The van der Waals surface area contributed by atoms with E-state index in [-0.39, 0.29) is 23.5 Å². The quantitative estimate of drug-likeness (QED) is 0.484. The van der Waals surface area contributed by atoms with Crippen LogP contribution < -0.4 is 14.8 Å². The van der Waals surface area contributed by atoms with E-state index in [2.05, 4.69) is 5.32 Å². The number of imide groups is 1. The summed E-state index contributed by atoms with van der Waals surface area (Å²) in [6.45, 7) is 0.514. The monoisotopic (exact) mass is 432 g/mol. The maximum atomic E-state index is 13.7. The summed E-state index contributed by atoms with van der Waals surface area (Å²) < 4.78 is 42.5. The van der Waals surface area contributed by atoms with Gasteiger partial charge in [-0.25, -0.2) is 8.78 Å². The molecule has 2 aromatic rings. The Kier molecular flexibility index (Phi) is 6.86. The average molecular weight is 432 g/mol. The molecule has 1 aliphatic rings. The molecule has 1 N–H and O–H groups in total. The van der Waals surface area contributed by atoms with Gasteiger partial charge in [-0.2, -0.15) is 0 Å². The van der Waals surface area contributed by atoms with Crippen LogP contribution in [0.25, 0.3) is 5.57 Å². The molecule has 2 amide bonds. The van der Waals surface area contributed by atoms with Crippen molar-refractivity contribution >= 4 is 23.1 Å². The van der Waals surface area contributed by atoms with Crippen molar-refractivity contribution in [1.82, 2.24) is 4.90 Å². The first-order valence-electron chi connectivity index (χ1n) is 9.45. The topological polar surface area (TPSA) is 77.1 Å². The van der Waals surface area contributed by atoms with Crippen molar-refractivity contribution in [2.24, 2.45) is 0 Å². The van der Waals surface area contributed by atoms with Crippen LogP contribution >= 0.6 is 0 Å². The molecule has 0 bridgehead atoms. The van der Waals surface area contributed by atoms with Gasteiger partial charge in [-0.05, 0) is 36.2 Å². The zero-order valence-electron chi connectivity index (χ0n) is 17.3. The van der Waals surface area contributed by atoms with Crippen LogP contribution in [0, 0.1) is 11.6 Å². The lowest BCUT2D eigenvalue weighted by molar-refractivity contribution is -0.136. The normalized spacial score (nSPS) is 13.8. The molecule has 0 radical (unpaired) electrons. The maximum absolute atomic E-state index is 13.7. The molecular formula is C22H22F2N2O5. The molecule has 1 aliphatic heterocycles. The van der Waals surface area contributed by atoms with Gasteiger partial charge in [0.05, 0.1) is 19.8 Å². The molecule has 7 nitrogen and oxygen atoms in total. The van der Waals surface area contributed by atoms with Gasteiger partial charge in [0.25, 0.3) is 11.8 Å². The fraction of sp³-hybridized carbons (Fsp3) is 0.273. The third-order valence-electron chi connectivity index (χ3n) is 4.76. The Morgan fingerprint density at radius 3 is 2.29 bits per heavy atom. The van der Waals surface area contributed by atoms with E-state index >= 15 is 0 Å². The van der Waals surface area contributed by atoms with Crippen molar-refractivity contribution in [3.8, 4) is 11.5 Å². The smallest absolute Gasteiger partial charge is 0.278 e. The molecular weight excluding hydrogens is 410 g/mol. The van der Waals surface area contributed by atoms with E-state index in [9.17, 15) is 18.4 Å². The SMILES string of the molecule is COCCCN1C(=O)C(Nc2ccc(F)c(F)c2)=C(c2ccc(OC)c(OC)c2)C1=O. The van der Waals surface area contributed by atoms with Crippen molar-refractivity contribution in [3.63, 3.8) is 0 Å². The summed E-state index contributed by atoms with van der Waals surface area (Å²) >= 11 is 0. The first-order chi connectivity index (χ1) is 14.9. The van der Waals surface area contributed by atoms with Gasteiger partial charge in [0.2, 0.25) is 0 Å². The van der Waals surface area contributed by atoms with Crippen molar-refractivity contribution in [2.45, 2.75) is 6.42 Å². The number of benzene rings is 2. The number of hydrogen-bond acceptors (Lipinski definition) is 6. The highest BCUT2D eigenvalue weighted by atomic mass is 19.2. The van der Waals surface area contributed by atoms with Gasteiger partial charge in [0, 0.05) is 32.0 Å². The number of carbonyl (C=O) groups excluding carboxylic acids is 2. The number of amides is 2. The number of nitrogens with zero attached hydrogens (tertiary/aromatic N) is 1. The molecule has 0 spiro atoms. The Bertz CT molecular complexity index is 1040. The summed E-state index contributed by atoms with van der Waals surface area (Å²) in [5.74, 6) is -2.36. The van der Waals surface area contributed by atoms with Crippen molar-refractivity contribution in [1.29, 1.82) is 0 Å². The number of nitrogens with one attached hydrogen (secondary N) is 1. The molecule has 0 unspecified atom stereocenters. The van der Waals surface area contributed by atoms with Crippen LogP contribution in [0.2, 0.25) is 0 Å². The predicted octanol–water partition coefficient (Wildman–Crippen LogP) is 3.21.